The van der Waals surface area contributed by atoms with Gasteiger partial charge in [-0.1, -0.05) is 84.9 Å². The van der Waals surface area contributed by atoms with Crippen LogP contribution in [0.15, 0.2) is 173 Å². The Bertz CT molecular complexity index is 2790. The zero-order valence-electron chi connectivity index (χ0n) is 25.4. The van der Waals surface area contributed by atoms with E-state index in [-0.39, 0.29) is 0 Å². The van der Waals surface area contributed by atoms with E-state index in [1.165, 1.54) is 27.3 Å². The minimum absolute atomic E-state index is 0.857. The molecule has 0 saturated carbocycles. The lowest BCUT2D eigenvalue weighted by Crippen LogP contribution is -2.09. The van der Waals surface area contributed by atoms with Gasteiger partial charge in [-0.2, -0.15) is 0 Å². The van der Waals surface area contributed by atoms with Crippen molar-refractivity contribution in [3.63, 3.8) is 0 Å². The van der Waals surface area contributed by atoms with Crippen molar-refractivity contribution in [2.24, 2.45) is 0 Å². The molecule has 10 rings (SSSR count). The molecule has 0 aliphatic rings. The number of hydrogen-bond acceptors (Lipinski definition) is 3. The van der Waals surface area contributed by atoms with E-state index in [2.05, 4.69) is 157 Å². The Morgan fingerprint density at radius 3 is 1.68 bits per heavy atom. The second-order valence-corrected chi connectivity index (χ2v) is 12.1. The molecular formula is C44H27NO2. The lowest BCUT2D eigenvalue weighted by Gasteiger charge is -2.25. The van der Waals surface area contributed by atoms with Gasteiger partial charge < -0.3 is 13.7 Å². The SMILES string of the molecule is c1ccc(N(c2ccc(-c3ccc4ccccc4c3)cc2)c2ccc3c(c2)oc2ccc4c(ccc5oc6ccccc6c54)c23)cc1. The van der Waals surface area contributed by atoms with Gasteiger partial charge in [0.15, 0.2) is 0 Å². The van der Waals surface area contributed by atoms with Crippen LogP contribution >= 0.6 is 0 Å². The maximum absolute atomic E-state index is 6.57. The van der Waals surface area contributed by atoms with E-state index < -0.39 is 0 Å². The number of para-hydroxylation sites is 2. The van der Waals surface area contributed by atoms with Crippen LogP contribution in [0.25, 0.3) is 76.5 Å². The highest BCUT2D eigenvalue weighted by Gasteiger charge is 2.18. The van der Waals surface area contributed by atoms with E-state index in [0.29, 0.717) is 0 Å². The summed E-state index contributed by atoms with van der Waals surface area (Å²) >= 11 is 0. The molecule has 0 N–H and O–H groups in total. The molecular weight excluding hydrogens is 574 g/mol. The summed E-state index contributed by atoms with van der Waals surface area (Å²) in [5.74, 6) is 0. The Hall–Kier alpha value is -6.32. The topological polar surface area (TPSA) is 29.5 Å². The first-order chi connectivity index (χ1) is 23.3. The molecule has 3 nitrogen and oxygen atoms in total. The van der Waals surface area contributed by atoms with E-state index in [1.807, 2.05) is 12.1 Å². The highest BCUT2D eigenvalue weighted by Crippen LogP contribution is 2.43. The lowest BCUT2D eigenvalue weighted by atomic mass is 9.99. The summed E-state index contributed by atoms with van der Waals surface area (Å²) in [7, 11) is 0. The molecule has 2 heterocycles. The van der Waals surface area contributed by atoms with Crippen molar-refractivity contribution >= 4 is 82.5 Å². The molecule has 0 unspecified atom stereocenters. The van der Waals surface area contributed by atoms with Gasteiger partial charge in [-0.3, -0.25) is 0 Å². The Kier molecular flexibility index (Phi) is 5.57. The summed E-state index contributed by atoms with van der Waals surface area (Å²) in [6, 6.07) is 57.8. The largest absolute Gasteiger partial charge is 0.456 e. The Balaban J connectivity index is 1.11. The van der Waals surface area contributed by atoms with Gasteiger partial charge in [0.05, 0.1) is 0 Å². The molecule has 0 bridgehead atoms. The smallest absolute Gasteiger partial charge is 0.137 e. The lowest BCUT2D eigenvalue weighted by molar-refractivity contribution is 0.668. The van der Waals surface area contributed by atoms with E-state index in [0.717, 1.165) is 66.3 Å². The predicted molar refractivity (Wildman–Crippen MR) is 196 cm³/mol. The molecule has 220 valence electrons. The van der Waals surface area contributed by atoms with Crippen molar-refractivity contribution in [2.75, 3.05) is 4.90 Å². The maximum Gasteiger partial charge on any atom is 0.137 e. The standard InChI is InChI=1S/C44H27NO2/c1-2-10-32(11-3-1)45(33-18-16-29(17-19-33)31-15-14-28-8-4-5-9-30(28)26-31)34-20-21-38-42(27-34)47-41-25-23-35-36(44(38)41)22-24-40-43(35)37-12-6-7-13-39(37)46-40/h1-27H. The predicted octanol–water partition coefficient (Wildman–Crippen LogP) is 12.9. The third-order valence-electron chi connectivity index (χ3n) is 9.44. The molecule has 0 saturated heterocycles. The summed E-state index contributed by atoms with van der Waals surface area (Å²) in [6.07, 6.45) is 0. The second kappa shape index (κ2) is 10.1. The van der Waals surface area contributed by atoms with Crippen LogP contribution in [-0.4, -0.2) is 0 Å². The summed E-state index contributed by atoms with van der Waals surface area (Å²) in [6.45, 7) is 0. The van der Waals surface area contributed by atoms with Crippen LogP contribution in [-0.2, 0) is 0 Å². The monoisotopic (exact) mass is 601 g/mol. The summed E-state index contributed by atoms with van der Waals surface area (Å²) in [4.78, 5) is 2.29. The van der Waals surface area contributed by atoms with E-state index >= 15 is 0 Å². The van der Waals surface area contributed by atoms with Crippen LogP contribution in [0.5, 0.6) is 0 Å². The fourth-order valence-electron chi connectivity index (χ4n) is 7.23. The summed E-state index contributed by atoms with van der Waals surface area (Å²) < 4.78 is 12.8. The van der Waals surface area contributed by atoms with E-state index in [9.17, 15) is 0 Å². The fraction of sp³-hybridized carbons (Fsp3) is 0. The van der Waals surface area contributed by atoms with Crippen LogP contribution < -0.4 is 4.90 Å². The van der Waals surface area contributed by atoms with Gasteiger partial charge in [0.2, 0.25) is 0 Å². The average molecular weight is 602 g/mol. The van der Waals surface area contributed by atoms with Gasteiger partial charge in [0.1, 0.15) is 22.3 Å². The van der Waals surface area contributed by atoms with Gasteiger partial charge in [-0.25, -0.2) is 0 Å². The molecule has 0 aliphatic heterocycles. The molecule has 0 radical (unpaired) electrons. The number of furan rings is 2. The van der Waals surface area contributed by atoms with Crippen LogP contribution in [0, 0.1) is 0 Å². The molecule has 10 aromatic rings. The number of nitrogens with zero attached hydrogens (tertiary/aromatic N) is 1. The number of benzene rings is 8. The first kappa shape index (κ1) is 26.0. The first-order valence-electron chi connectivity index (χ1n) is 15.9. The van der Waals surface area contributed by atoms with Crippen LogP contribution in [0.3, 0.4) is 0 Å². The summed E-state index contributed by atoms with van der Waals surface area (Å²) in [5.41, 5.74) is 9.13. The average Bonchev–Trinajstić information content (AvgIpc) is 3.71. The highest BCUT2D eigenvalue weighted by molar-refractivity contribution is 6.27. The molecule has 0 amide bonds. The highest BCUT2D eigenvalue weighted by atomic mass is 16.3. The number of fused-ring (bicyclic) bond motifs is 10. The van der Waals surface area contributed by atoms with E-state index in [4.69, 9.17) is 8.83 Å². The maximum atomic E-state index is 6.57. The Morgan fingerprint density at radius 2 is 0.894 bits per heavy atom. The first-order valence-corrected chi connectivity index (χ1v) is 15.9. The van der Waals surface area contributed by atoms with Crippen molar-refractivity contribution in [3.05, 3.63) is 164 Å². The number of hydrogen-bond donors (Lipinski definition) is 0. The minimum atomic E-state index is 0.857. The Morgan fingerprint density at radius 1 is 0.319 bits per heavy atom. The van der Waals surface area contributed by atoms with Crippen LogP contribution in [0.2, 0.25) is 0 Å². The zero-order chi connectivity index (χ0) is 30.9. The molecule has 0 fully saturated rings. The molecule has 0 spiro atoms. The molecule has 0 aliphatic carbocycles. The van der Waals surface area contributed by atoms with Gasteiger partial charge in [0.25, 0.3) is 0 Å². The third-order valence-corrected chi connectivity index (χ3v) is 9.44. The van der Waals surface area contributed by atoms with Crippen LogP contribution in [0.4, 0.5) is 17.1 Å². The van der Waals surface area contributed by atoms with Gasteiger partial charge in [0, 0.05) is 44.7 Å². The molecule has 0 atom stereocenters. The minimum Gasteiger partial charge on any atom is -0.456 e. The quantitative estimate of drug-likeness (QED) is 0.201. The zero-order valence-corrected chi connectivity index (χ0v) is 25.4. The fourth-order valence-corrected chi connectivity index (χ4v) is 7.23. The molecule has 47 heavy (non-hydrogen) atoms. The number of anilines is 3. The normalized spacial score (nSPS) is 11.8. The van der Waals surface area contributed by atoms with Gasteiger partial charge in [-0.15, -0.1) is 0 Å². The third kappa shape index (κ3) is 4.07. The Labute approximate surface area is 270 Å². The van der Waals surface area contributed by atoms with Crippen molar-refractivity contribution in [2.45, 2.75) is 0 Å². The molecule has 3 heteroatoms. The molecule has 8 aromatic carbocycles. The molecule has 2 aromatic heterocycles. The number of rotatable bonds is 4. The summed E-state index contributed by atoms with van der Waals surface area (Å²) in [5, 5.41) is 9.33. The van der Waals surface area contributed by atoms with Crippen molar-refractivity contribution in [3.8, 4) is 11.1 Å². The van der Waals surface area contributed by atoms with Crippen molar-refractivity contribution in [1.82, 2.24) is 0 Å². The van der Waals surface area contributed by atoms with Gasteiger partial charge in [-0.05, 0) is 105 Å². The second-order valence-electron chi connectivity index (χ2n) is 12.1. The van der Waals surface area contributed by atoms with Gasteiger partial charge >= 0.3 is 0 Å². The van der Waals surface area contributed by atoms with Crippen LogP contribution in [0.1, 0.15) is 0 Å². The van der Waals surface area contributed by atoms with Crippen molar-refractivity contribution < 1.29 is 8.83 Å². The van der Waals surface area contributed by atoms with E-state index in [1.54, 1.807) is 0 Å². The van der Waals surface area contributed by atoms with Crippen molar-refractivity contribution in [1.29, 1.82) is 0 Å².